The predicted octanol–water partition coefficient (Wildman–Crippen LogP) is 4.71. The molecule has 4 rings (SSSR count). The molecule has 0 saturated heterocycles. The lowest BCUT2D eigenvalue weighted by Crippen LogP contribution is -2.46. The second kappa shape index (κ2) is 13.9. The molecule has 1 saturated carbocycles. The van der Waals surface area contributed by atoms with Gasteiger partial charge in [-0.25, -0.2) is 29.3 Å². The van der Waals surface area contributed by atoms with E-state index in [0.717, 1.165) is 31.2 Å². The van der Waals surface area contributed by atoms with E-state index in [0.29, 0.717) is 17.0 Å². The Balaban J connectivity index is 1.40. The number of ether oxygens (including phenoxy) is 3. The maximum atomic E-state index is 13.1. The van der Waals surface area contributed by atoms with Gasteiger partial charge in [0.05, 0.1) is 12.9 Å². The second-order valence-electron chi connectivity index (χ2n) is 12.9. The molecule has 1 aliphatic rings. The smallest absolute Gasteiger partial charge is 0.408 e. The maximum Gasteiger partial charge on any atom is 0.408 e. The fourth-order valence-electron chi connectivity index (χ4n) is 4.83. The topological polar surface area (TPSA) is 159 Å². The van der Waals surface area contributed by atoms with Crippen molar-refractivity contribution >= 4 is 35.1 Å². The molecular formula is C31H43N7O6. The summed E-state index contributed by atoms with van der Waals surface area (Å²) in [5, 5.41) is 9.07. The number of rotatable bonds is 9. The quantitative estimate of drug-likeness (QED) is 0.229. The summed E-state index contributed by atoms with van der Waals surface area (Å²) >= 11 is 0. The number of aromatic nitrogens is 4. The van der Waals surface area contributed by atoms with Gasteiger partial charge in [-0.05, 0) is 72.8 Å². The summed E-state index contributed by atoms with van der Waals surface area (Å²) in [6, 6.07) is 8.37. The van der Waals surface area contributed by atoms with Crippen LogP contribution in [0.3, 0.4) is 0 Å². The van der Waals surface area contributed by atoms with Crippen molar-refractivity contribution in [3.05, 3.63) is 48.5 Å². The lowest BCUT2D eigenvalue weighted by molar-refractivity contribution is -0.157. The Morgan fingerprint density at radius 2 is 1.55 bits per heavy atom. The van der Waals surface area contributed by atoms with Gasteiger partial charge in [-0.3, -0.25) is 0 Å². The van der Waals surface area contributed by atoms with Gasteiger partial charge in [0, 0.05) is 12.1 Å². The number of hydrogen-bond acceptors (Lipinski definition) is 10. The van der Waals surface area contributed by atoms with Crippen molar-refractivity contribution in [2.75, 3.05) is 5.32 Å². The Morgan fingerprint density at radius 3 is 2.20 bits per heavy atom. The molecule has 0 unspecified atom stereocenters. The number of imidazole rings is 1. The van der Waals surface area contributed by atoms with Gasteiger partial charge in [0.15, 0.2) is 11.5 Å². The van der Waals surface area contributed by atoms with Crippen LogP contribution in [-0.4, -0.2) is 67.0 Å². The van der Waals surface area contributed by atoms with E-state index < -0.39 is 35.4 Å². The van der Waals surface area contributed by atoms with Gasteiger partial charge in [-0.2, -0.15) is 0 Å². The summed E-state index contributed by atoms with van der Waals surface area (Å²) in [6.07, 6.45) is 5.07. The van der Waals surface area contributed by atoms with Crippen LogP contribution in [0.5, 0.6) is 0 Å². The maximum absolute atomic E-state index is 13.1. The predicted molar refractivity (Wildman–Crippen MR) is 164 cm³/mol. The summed E-state index contributed by atoms with van der Waals surface area (Å²) in [7, 11) is 0. The molecule has 44 heavy (non-hydrogen) atoms. The molecule has 0 spiro atoms. The minimum atomic E-state index is -1.06. The van der Waals surface area contributed by atoms with Gasteiger partial charge in [0.2, 0.25) is 0 Å². The van der Waals surface area contributed by atoms with Crippen LogP contribution in [0, 0.1) is 0 Å². The van der Waals surface area contributed by atoms with E-state index in [1.165, 1.54) is 6.33 Å². The minimum absolute atomic E-state index is 0.0176. The molecule has 1 atom stereocenters. The van der Waals surface area contributed by atoms with Crippen LogP contribution in [0.15, 0.2) is 43.0 Å². The zero-order valence-corrected chi connectivity index (χ0v) is 26.3. The first kappa shape index (κ1) is 32.5. The number of nitrogens with zero attached hydrogens (tertiary/aromatic N) is 4. The molecule has 2 amide bonds. The van der Waals surface area contributed by atoms with Crippen molar-refractivity contribution in [3.8, 4) is 0 Å². The van der Waals surface area contributed by atoms with Gasteiger partial charge in [0.1, 0.15) is 35.7 Å². The molecule has 0 bridgehead atoms. The van der Waals surface area contributed by atoms with Crippen LogP contribution in [0.25, 0.3) is 11.2 Å². The molecule has 2 heterocycles. The number of esters is 1. The van der Waals surface area contributed by atoms with E-state index in [1.807, 2.05) is 51.1 Å². The molecule has 1 fully saturated rings. The van der Waals surface area contributed by atoms with Crippen LogP contribution in [-0.2, 0) is 32.2 Å². The zero-order valence-electron chi connectivity index (χ0n) is 26.3. The molecule has 1 aromatic carbocycles. The third-order valence-electron chi connectivity index (χ3n) is 6.77. The number of carbonyl (C=O) groups is 3. The summed E-state index contributed by atoms with van der Waals surface area (Å²) < 4.78 is 18.0. The average molecular weight is 610 g/mol. The van der Waals surface area contributed by atoms with Gasteiger partial charge in [-0.1, -0.05) is 30.3 Å². The summed E-state index contributed by atoms with van der Waals surface area (Å²) in [5.74, 6) is -0.0403. The molecule has 0 aliphatic heterocycles. The summed E-state index contributed by atoms with van der Waals surface area (Å²) in [4.78, 5) is 51.3. The van der Waals surface area contributed by atoms with Crippen molar-refractivity contribution in [1.29, 1.82) is 0 Å². The highest BCUT2D eigenvalue weighted by Crippen LogP contribution is 2.25. The molecule has 238 valence electrons. The van der Waals surface area contributed by atoms with Crippen LogP contribution in [0.4, 0.5) is 15.4 Å². The largest absolute Gasteiger partial charge is 0.458 e. The molecule has 13 nitrogen and oxygen atoms in total. The first-order valence-corrected chi connectivity index (χ1v) is 14.9. The second-order valence-corrected chi connectivity index (χ2v) is 12.9. The number of nitrogens with one attached hydrogen (secondary N) is 3. The van der Waals surface area contributed by atoms with Crippen molar-refractivity contribution in [2.45, 2.75) is 110 Å². The Kier molecular flexibility index (Phi) is 10.3. The van der Waals surface area contributed by atoms with Crippen molar-refractivity contribution in [3.63, 3.8) is 0 Å². The van der Waals surface area contributed by atoms with E-state index in [-0.39, 0.29) is 25.2 Å². The average Bonchev–Trinajstić information content (AvgIpc) is 3.35. The Bertz CT molecular complexity index is 1420. The highest BCUT2D eigenvalue weighted by molar-refractivity contribution is 5.84. The third-order valence-corrected chi connectivity index (χ3v) is 6.77. The van der Waals surface area contributed by atoms with Gasteiger partial charge < -0.3 is 34.7 Å². The Morgan fingerprint density at radius 1 is 0.886 bits per heavy atom. The molecule has 3 aromatic rings. The van der Waals surface area contributed by atoms with Crippen LogP contribution in [0.1, 0.15) is 72.8 Å². The van der Waals surface area contributed by atoms with Crippen molar-refractivity contribution < 1.29 is 28.6 Å². The van der Waals surface area contributed by atoms with Crippen molar-refractivity contribution in [1.82, 2.24) is 30.2 Å². The van der Waals surface area contributed by atoms with Gasteiger partial charge in [-0.15, -0.1) is 0 Å². The van der Waals surface area contributed by atoms with Crippen LogP contribution < -0.4 is 16.0 Å². The van der Waals surface area contributed by atoms with E-state index in [9.17, 15) is 14.4 Å². The molecule has 0 radical (unpaired) electrons. The number of fused-ring (bicyclic) bond motifs is 1. The number of amides is 2. The Hall–Kier alpha value is -4.42. The third kappa shape index (κ3) is 9.81. The number of alkyl carbamates (subject to hydrolysis) is 2. The molecule has 1 aliphatic carbocycles. The lowest BCUT2D eigenvalue weighted by Gasteiger charge is -2.30. The number of carbonyl (C=O) groups excluding carboxylic acids is 3. The van der Waals surface area contributed by atoms with E-state index in [2.05, 4.69) is 30.9 Å². The van der Waals surface area contributed by atoms with Crippen LogP contribution in [0.2, 0.25) is 0 Å². The molecular weight excluding hydrogens is 566 g/mol. The van der Waals surface area contributed by atoms with E-state index in [1.54, 1.807) is 31.7 Å². The molecule has 3 N–H and O–H groups in total. The SMILES string of the molecule is CC(C)(C)OC(=O)NC1CCC(Nc2ncnc3c2ncn3C[C@@H](NC(=O)OCc2ccccc2)C(=O)OC(C)(C)C)CC1. The van der Waals surface area contributed by atoms with E-state index in [4.69, 9.17) is 14.2 Å². The van der Waals surface area contributed by atoms with E-state index >= 15 is 0 Å². The molecule has 13 heteroatoms. The summed E-state index contributed by atoms with van der Waals surface area (Å²) in [5.41, 5.74) is 0.551. The standard InChI is InChI=1S/C31H43N7O6/c1-30(2,3)43-27(39)23(37-28(40)42-17-20-10-8-7-9-11-20)16-38-19-34-24-25(32-18-33-26(24)38)35-21-12-14-22(15-13-21)36-29(41)44-31(4,5)6/h7-11,18-19,21-23H,12-17H2,1-6H3,(H,36,41)(H,37,40)(H,32,33,35)/t21?,22?,23-/m1/s1. The van der Waals surface area contributed by atoms with Gasteiger partial charge >= 0.3 is 18.2 Å². The highest BCUT2D eigenvalue weighted by Gasteiger charge is 2.29. The Labute approximate surface area is 257 Å². The fraction of sp³-hybridized carbons (Fsp3) is 0.548. The zero-order chi connectivity index (χ0) is 31.9. The fourth-order valence-corrected chi connectivity index (χ4v) is 4.83. The summed E-state index contributed by atoms with van der Waals surface area (Å²) in [6.45, 7) is 10.9. The first-order valence-electron chi connectivity index (χ1n) is 14.9. The minimum Gasteiger partial charge on any atom is -0.458 e. The van der Waals surface area contributed by atoms with Crippen molar-refractivity contribution in [2.24, 2.45) is 0 Å². The highest BCUT2D eigenvalue weighted by atomic mass is 16.6. The number of benzene rings is 1. The number of anilines is 1. The lowest BCUT2D eigenvalue weighted by atomic mass is 9.91. The molecule has 2 aromatic heterocycles. The van der Waals surface area contributed by atoms with Crippen LogP contribution >= 0.6 is 0 Å². The van der Waals surface area contributed by atoms with Gasteiger partial charge in [0.25, 0.3) is 0 Å². The number of hydrogen-bond donors (Lipinski definition) is 3. The monoisotopic (exact) mass is 609 g/mol. The first-order chi connectivity index (χ1) is 20.8. The normalized spacial score (nSPS) is 17.8.